The van der Waals surface area contributed by atoms with Crippen molar-refractivity contribution in [2.75, 3.05) is 26.9 Å². The van der Waals surface area contributed by atoms with E-state index in [9.17, 15) is 8.78 Å². The highest BCUT2D eigenvalue weighted by atomic mass is 19.3. The minimum atomic E-state index is -3.24. The Kier molecular flexibility index (Phi) is 4.42. The summed E-state index contributed by atoms with van der Waals surface area (Å²) in [6, 6.07) is 0. The summed E-state index contributed by atoms with van der Waals surface area (Å²) < 4.78 is 32.2. The molecule has 0 aromatic heterocycles. The molecule has 0 saturated carbocycles. The first kappa shape index (κ1) is 9.74. The number of ether oxygens (including phenoxy) is 2. The zero-order chi connectivity index (χ0) is 8.04. The van der Waals surface area contributed by atoms with E-state index in [4.69, 9.17) is 5.11 Å². The van der Waals surface area contributed by atoms with Gasteiger partial charge in [-0.15, -0.1) is 0 Å². The Morgan fingerprint density at radius 2 is 2.10 bits per heavy atom. The Balaban J connectivity index is 3.28. The van der Waals surface area contributed by atoms with E-state index >= 15 is 0 Å². The SMILES string of the molecule is COC(F)(F)COCCO. The number of aliphatic hydroxyl groups excluding tert-OH is 1. The van der Waals surface area contributed by atoms with Crippen LogP contribution in [0, 0.1) is 0 Å². The maximum absolute atomic E-state index is 12.0. The zero-order valence-electron chi connectivity index (χ0n) is 5.64. The van der Waals surface area contributed by atoms with Crippen LogP contribution in [0.3, 0.4) is 0 Å². The van der Waals surface area contributed by atoms with E-state index in [-0.39, 0.29) is 13.2 Å². The topological polar surface area (TPSA) is 38.7 Å². The summed E-state index contributed by atoms with van der Waals surface area (Å²) in [5.41, 5.74) is 0. The highest BCUT2D eigenvalue weighted by molar-refractivity contribution is 4.47. The van der Waals surface area contributed by atoms with Gasteiger partial charge in [0.25, 0.3) is 0 Å². The maximum atomic E-state index is 12.0. The summed E-state index contributed by atoms with van der Waals surface area (Å²) in [5, 5.41) is 8.13. The van der Waals surface area contributed by atoms with Crippen molar-refractivity contribution in [1.29, 1.82) is 0 Å². The summed E-state index contributed by atoms with van der Waals surface area (Å²) in [4.78, 5) is 0. The second-order valence-corrected chi connectivity index (χ2v) is 1.62. The monoisotopic (exact) mass is 156 g/mol. The van der Waals surface area contributed by atoms with Crippen molar-refractivity contribution in [2.24, 2.45) is 0 Å². The Morgan fingerprint density at radius 1 is 1.50 bits per heavy atom. The number of aliphatic hydroxyl groups is 1. The lowest BCUT2D eigenvalue weighted by Crippen LogP contribution is -2.26. The van der Waals surface area contributed by atoms with E-state index in [0.29, 0.717) is 0 Å². The van der Waals surface area contributed by atoms with Crippen molar-refractivity contribution < 1.29 is 23.4 Å². The third-order valence-electron chi connectivity index (χ3n) is 0.804. The minimum Gasteiger partial charge on any atom is -0.394 e. The molecule has 0 saturated heterocycles. The number of hydrogen-bond donors (Lipinski definition) is 1. The largest absolute Gasteiger partial charge is 0.394 e. The molecule has 0 heterocycles. The molecular formula is C5H10F2O3. The average molecular weight is 156 g/mol. The summed E-state index contributed by atoms with van der Waals surface area (Å²) in [6.07, 6.45) is -3.24. The van der Waals surface area contributed by atoms with Crippen LogP contribution in [0.25, 0.3) is 0 Å². The highest BCUT2D eigenvalue weighted by Crippen LogP contribution is 2.13. The van der Waals surface area contributed by atoms with Crippen LogP contribution >= 0.6 is 0 Å². The Morgan fingerprint density at radius 3 is 2.50 bits per heavy atom. The van der Waals surface area contributed by atoms with Crippen LogP contribution in [0.2, 0.25) is 0 Å². The summed E-state index contributed by atoms with van der Waals surface area (Å²) in [5.74, 6) is 0. The molecule has 0 aliphatic heterocycles. The van der Waals surface area contributed by atoms with E-state index in [2.05, 4.69) is 9.47 Å². The predicted octanol–water partition coefficient (Wildman–Crippen LogP) is 0.235. The lowest BCUT2D eigenvalue weighted by atomic mass is 10.6. The van der Waals surface area contributed by atoms with Crippen molar-refractivity contribution in [1.82, 2.24) is 0 Å². The van der Waals surface area contributed by atoms with Gasteiger partial charge in [-0.2, -0.15) is 8.78 Å². The number of alkyl halides is 2. The summed E-state index contributed by atoms with van der Waals surface area (Å²) >= 11 is 0. The molecule has 0 aliphatic carbocycles. The molecule has 0 aromatic rings. The van der Waals surface area contributed by atoms with Crippen molar-refractivity contribution in [3.63, 3.8) is 0 Å². The Labute approximate surface area is 57.6 Å². The first-order valence-corrected chi connectivity index (χ1v) is 2.74. The van der Waals surface area contributed by atoms with Gasteiger partial charge < -0.3 is 14.6 Å². The first-order valence-electron chi connectivity index (χ1n) is 2.74. The second kappa shape index (κ2) is 4.54. The van der Waals surface area contributed by atoms with E-state index < -0.39 is 12.7 Å². The lowest BCUT2D eigenvalue weighted by Gasteiger charge is -2.12. The fraction of sp³-hybridized carbons (Fsp3) is 1.00. The normalized spacial score (nSPS) is 12.0. The number of hydrogen-bond acceptors (Lipinski definition) is 3. The van der Waals surface area contributed by atoms with Crippen LogP contribution in [0.5, 0.6) is 0 Å². The molecule has 0 bridgehead atoms. The number of halogens is 2. The summed E-state index contributed by atoms with van der Waals surface area (Å²) in [7, 11) is 0.891. The second-order valence-electron chi connectivity index (χ2n) is 1.62. The third kappa shape index (κ3) is 4.60. The molecule has 1 N–H and O–H groups in total. The highest BCUT2D eigenvalue weighted by Gasteiger charge is 2.27. The molecule has 3 nitrogen and oxygen atoms in total. The third-order valence-corrected chi connectivity index (χ3v) is 0.804. The molecule has 10 heavy (non-hydrogen) atoms. The molecule has 62 valence electrons. The standard InChI is InChI=1S/C5H10F2O3/c1-9-5(6,7)4-10-3-2-8/h8H,2-4H2,1H3. The van der Waals surface area contributed by atoms with Crippen LogP contribution in [0.1, 0.15) is 0 Å². The zero-order valence-corrected chi connectivity index (χ0v) is 5.64. The molecular weight excluding hydrogens is 146 g/mol. The van der Waals surface area contributed by atoms with Gasteiger partial charge in [0.2, 0.25) is 0 Å². The van der Waals surface area contributed by atoms with Crippen LogP contribution in [0.4, 0.5) is 8.78 Å². The number of methoxy groups -OCH3 is 1. The van der Waals surface area contributed by atoms with E-state index in [1.165, 1.54) is 0 Å². The van der Waals surface area contributed by atoms with Crippen molar-refractivity contribution in [2.45, 2.75) is 6.11 Å². The molecule has 0 amide bonds. The Hall–Kier alpha value is -0.260. The quantitative estimate of drug-likeness (QED) is 0.579. The average Bonchev–Trinajstić information content (AvgIpc) is 1.89. The molecule has 0 aliphatic rings. The van der Waals surface area contributed by atoms with Gasteiger partial charge in [-0.1, -0.05) is 0 Å². The summed E-state index contributed by atoms with van der Waals surface area (Å²) in [6.45, 7) is -1.18. The molecule has 0 atom stereocenters. The van der Waals surface area contributed by atoms with Crippen LogP contribution in [0.15, 0.2) is 0 Å². The van der Waals surface area contributed by atoms with Crippen LogP contribution < -0.4 is 0 Å². The van der Waals surface area contributed by atoms with Crippen LogP contribution in [-0.4, -0.2) is 38.1 Å². The van der Waals surface area contributed by atoms with Gasteiger partial charge in [0, 0.05) is 7.11 Å². The Bertz CT molecular complexity index is 87.0. The molecule has 0 radical (unpaired) electrons. The fourth-order valence-corrected chi connectivity index (χ4v) is 0.314. The molecule has 0 unspecified atom stereocenters. The maximum Gasteiger partial charge on any atom is 0.378 e. The van der Waals surface area contributed by atoms with Gasteiger partial charge in [-0.3, -0.25) is 0 Å². The first-order chi connectivity index (χ1) is 4.62. The molecule has 0 aromatic carbocycles. The van der Waals surface area contributed by atoms with E-state index in [1.807, 2.05) is 0 Å². The number of rotatable bonds is 5. The van der Waals surface area contributed by atoms with Gasteiger partial charge in [-0.25, -0.2) is 0 Å². The van der Waals surface area contributed by atoms with Crippen LogP contribution in [-0.2, 0) is 9.47 Å². The van der Waals surface area contributed by atoms with Gasteiger partial charge in [0.1, 0.15) is 6.61 Å². The predicted molar refractivity (Wildman–Crippen MR) is 29.9 cm³/mol. The lowest BCUT2D eigenvalue weighted by molar-refractivity contribution is -0.250. The van der Waals surface area contributed by atoms with Gasteiger partial charge in [0.05, 0.1) is 13.2 Å². The van der Waals surface area contributed by atoms with Gasteiger partial charge >= 0.3 is 6.11 Å². The van der Waals surface area contributed by atoms with E-state index in [0.717, 1.165) is 7.11 Å². The minimum absolute atomic E-state index is 0.0983. The molecule has 0 spiro atoms. The fourth-order valence-electron chi connectivity index (χ4n) is 0.314. The van der Waals surface area contributed by atoms with E-state index in [1.54, 1.807) is 0 Å². The molecule has 0 rings (SSSR count). The van der Waals surface area contributed by atoms with Crippen molar-refractivity contribution in [3.05, 3.63) is 0 Å². The van der Waals surface area contributed by atoms with Crippen molar-refractivity contribution >= 4 is 0 Å². The van der Waals surface area contributed by atoms with Crippen molar-refractivity contribution in [3.8, 4) is 0 Å². The van der Waals surface area contributed by atoms with Gasteiger partial charge in [0.15, 0.2) is 0 Å². The van der Waals surface area contributed by atoms with Gasteiger partial charge in [-0.05, 0) is 0 Å². The molecule has 0 fully saturated rings. The molecule has 5 heteroatoms. The smallest absolute Gasteiger partial charge is 0.378 e.